The highest BCUT2D eigenvalue weighted by atomic mass is 32.2. The minimum Gasteiger partial charge on any atom is -0.454 e. The first-order valence-corrected chi connectivity index (χ1v) is 9.75. The SMILES string of the molecule is NS(=O)(=O)c1ccc(NC(=O)COC(=O)CN2C(=O)c3ccccc3C2=O)cc1. The highest BCUT2D eigenvalue weighted by Gasteiger charge is 2.36. The summed E-state index contributed by atoms with van der Waals surface area (Å²) < 4.78 is 27.2. The van der Waals surface area contributed by atoms with E-state index in [-0.39, 0.29) is 21.7 Å². The first-order valence-electron chi connectivity index (χ1n) is 8.20. The summed E-state index contributed by atoms with van der Waals surface area (Å²) in [4.78, 5) is 48.8. The summed E-state index contributed by atoms with van der Waals surface area (Å²) in [6, 6.07) is 11.2. The van der Waals surface area contributed by atoms with Gasteiger partial charge in [-0.1, -0.05) is 12.1 Å². The summed E-state index contributed by atoms with van der Waals surface area (Å²) >= 11 is 0. The third-order valence-electron chi connectivity index (χ3n) is 4.00. The van der Waals surface area contributed by atoms with Crippen LogP contribution in [0.5, 0.6) is 0 Å². The summed E-state index contributed by atoms with van der Waals surface area (Å²) in [5.41, 5.74) is 0.663. The van der Waals surface area contributed by atoms with Gasteiger partial charge in [-0.2, -0.15) is 0 Å². The van der Waals surface area contributed by atoms with Gasteiger partial charge < -0.3 is 10.1 Å². The fraction of sp³-hybridized carbons (Fsp3) is 0.111. The average Bonchev–Trinajstić information content (AvgIpc) is 2.91. The summed E-state index contributed by atoms with van der Waals surface area (Å²) in [6.45, 7) is -1.28. The third-order valence-corrected chi connectivity index (χ3v) is 4.93. The molecule has 150 valence electrons. The zero-order valence-corrected chi connectivity index (χ0v) is 15.6. The van der Waals surface area contributed by atoms with E-state index in [4.69, 9.17) is 9.88 Å². The minimum absolute atomic E-state index is 0.122. The molecule has 11 heteroatoms. The van der Waals surface area contributed by atoms with Crippen LogP contribution in [-0.2, 0) is 24.3 Å². The van der Waals surface area contributed by atoms with Crippen molar-refractivity contribution in [3.05, 3.63) is 59.7 Å². The van der Waals surface area contributed by atoms with Gasteiger partial charge in [0.15, 0.2) is 6.61 Å². The van der Waals surface area contributed by atoms with Crippen LogP contribution >= 0.6 is 0 Å². The first kappa shape index (κ1) is 20.2. The molecule has 0 bridgehead atoms. The molecule has 0 unspecified atom stereocenters. The lowest BCUT2D eigenvalue weighted by atomic mass is 10.1. The second kappa shape index (κ2) is 7.81. The number of imide groups is 1. The van der Waals surface area contributed by atoms with E-state index in [2.05, 4.69) is 5.32 Å². The number of primary sulfonamides is 1. The largest absolute Gasteiger partial charge is 0.454 e. The number of amides is 3. The Bertz CT molecular complexity index is 1080. The number of hydrogen-bond donors (Lipinski definition) is 2. The van der Waals surface area contributed by atoms with E-state index < -0.39 is 46.9 Å². The lowest BCUT2D eigenvalue weighted by Gasteiger charge is -2.13. The number of sulfonamides is 1. The normalized spacial score (nSPS) is 13.2. The van der Waals surface area contributed by atoms with Crippen molar-refractivity contribution < 1.29 is 32.3 Å². The Morgan fingerprint density at radius 1 is 0.966 bits per heavy atom. The minimum atomic E-state index is -3.85. The van der Waals surface area contributed by atoms with E-state index in [1.165, 1.54) is 36.4 Å². The van der Waals surface area contributed by atoms with Crippen molar-refractivity contribution in [2.24, 2.45) is 5.14 Å². The zero-order chi connectivity index (χ0) is 21.2. The molecule has 3 rings (SSSR count). The number of ether oxygens (including phenoxy) is 1. The number of carbonyl (C=O) groups excluding carboxylic acids is 4. The molecule has 1 aliphatic heterocycles. The molecule has 0 aromatic heterocycles. The monoisotopic (exact) mass is 417 g/mol. The van der Waals surface area contributed by atoms with E-state index in [1.807, 2.05) is 0 Å². The Morgan fingerprint density at radius 2 is 1.52 bits per heavy atom. The summed E-state index contributed by atoms with van der Waals surface area (Å²) in [5, 5.41) is 7.38. The van der Waals surface area contributed by atoms with Gasteiger partial charge in [0.25, 0.3) is 17.7 Å². The number of nitrogens with one attached hydrogen (secondary N) is 1. The van der Waals surface area contributed by atoms with Crippen LogP contribution in [0.1, 0.15) is 20.7 Å². The molecule has 3 N–H and O–H groups in total. The number of esters is 1. The maximum atomic E-state index is 12.2. The lowest BCUT2D eigenvalue weighted by Crippen LogP contribution is -2.36. The molecule has 0 saturated heterocycles. The summed E-state index contributed by atoms with van der Waals surface area (Å²) in [6.07, 6.45) is 0. The highest BCUT2D eigenvalue weighted by molar-refractivity contribution is 7.89. The topological polar surface area (TPSA) is 153 Å². The highest BCUT2D eigenvalue weighted by Crippen LogP contribution is 2.22. The Morgan fingerprint density at radius 3 is 2.03 bits per heavy atom. The Labute approximate surface area is 165 Å². The predicted octanol–water partition coefficient (Wildman–Crippen LogP) is 0.112. The molecule has 0 atom stereocenters. The van der Waals surface area contributed by atoms with Crippen LogP contribution in [0.4, 0.5) is 5.69 Å². The van der Waals surface area contributed by atoms with Gasteiger partial charge in [0.05, 0.1) is 16.0 Å². The number of rotatable bonds is 6. The van der Waals surface area contributed by atoms with Gasteiger partial charge in [-0.15, -0.1) is 0 Å². The van der Waals surface area contributed by atoms with Crippen LogP contribution in [0, 0.1) is 0 Å². The molecule has 1 aliphatic rings. The molecule has 0 spiro atoms. The van der Waals surface area contributed by atoms with Crippen molar-refractivity contribution in [2.75, 3.05) is 18.5 Å². The zero-order valence-electron chi connectivity index (χ0n) is 14.8. The molecule has 29 heavy (non-hydrogen) atoms. The van der Waals surface area contributed by atoms with Crippen molar-refractivity contribution in [3.8, 4) is 0 Å². The van der Waals surface area contributed by atoms with Crippen LogP contribution in [0.3, 0.4) is 0 Å². The van der Waals surface area contributed by atoms with Crippen LogP contribution in [-0.4, -0.2) is 50.2 Å². The molecule has 0 fully saturated rings. The van der Waals surface area contributed by atoms with E-state index in [0.29, 0.717) is 0 Å². The van der Waals surface area contributed by atoms with Crippen molar-refractivity contribution in [1.29, 1.82) is 0 Å². The maximum absolute atomic E-state index is 12.2. The van der Waals surface area contributed by atoms with Gasteiger partial charge in [0, 0.05) is 5.69 Å². The molecule has 2 aromatic carbocycles. The average molecular weight is 417 g/mol. The van der Waals surface area contributed by atoms with Gasteiger partial charge >= 0.3 is 5.97 Å². The van der Waals surface area contributed by atoms with Crippen LogP contribution in [0.2, 0.25) is 0 Å². The van der Waals surface area contributed by atoms with Crippen molar-refractivity contribution >= 4 is 39.4 Å². The number of nitrogens with two attached hydrogens (primary N) is 1. The fourth-order valence-electron chi connectivity index (χ4n) is 2.63. The van der Waals surface area contributed by atoms with Gasteiger partial charge in [-0.25, -0.2) is 13.6 Å². The molecule has 10 nitrogen and oxygen atoms in total. The Kier molecular flexibility index (Phi) is 5.43. The van der Waals surface area contributed by atoms with E-state index in [1.54, 1.807) is 12.1 Å². The standard InChI is InChI=1S/C18H15N3O7S/c19-29(26,27)12-7-5-11(6-8-12)20-15(22)10-28-16(23)9-21-17(24)13-3-1-2-4-14(13)18(21)25/h1-8H,9-10H2,(H,20,22)(H2,19,26,27). The van der Waals surface area contributed by atoms with E-state index in [9.17, 15) is 27.6 Å². The molecule has 2 aromatic rings. The van der Waals surface area contributed by atoms with Crippen molar-refractivity contribution in [2.45, 2.75) is 4.90 Å². The van der Waals surface area contributed by atoms with Gasteiger partial charge in [-0.3, -0.25) is 24.1 Å². The van der Waals surface area contributed by atoms with E-state index in [0.717, 1.165) is 4.90 Å². The van der Waals surface area contributed by atoms with Gasteiger partial charge in [0.2, 0.25) is 10.0 Å². The Hall–Kier alpha value is -3.57. The van der Waals surface area contributed by atoms with E-state index >= 15 is 0 Å². The van der Waals surface area contributed by atoms with Crippen LogP contribution < -0.4 is 10.5 Å². The number of benzene rings is 2. The smallest absolute Gasteiger partial charge is 0.326 e. The van der Waals surface area contributed by atoms with Gasteiger partial charge in [-0.05, 0) is 36.4 Å². The van der Waals surface area contributed by atoms with Crippen molar-refractivity contribution in [1.82, 2.24) is 4.90 Å². The third kappa shape index (κ3) is 4.47. The Balaban J connectivity index is 1.51. The number of nitrogens with zero attached hydrogens (tertiary/aromatic N) is 1. The number of fused-ring (bicyclic) bond motifs is 1. The number of hydrogen-bond acceptors (Lipinski definition) is 7. The maximum Gasteiger partial charge on any atom is 0.326 e. The number of anilines is 1. The van der Waals surface area contributed by atoms with Crippen molar-refractivity contribution in [3.63, 3.8) is 0 Å². The first-order chi connectivity index (χ1) is 13.7. The number of carbonyl (C=O) groups is 4. The second-order valence-corrected chi connectivity index (χ2v) is 7.58. The molecule has 0 radical (unpaired) electrons. The molecule has 0 saturated carbocycles. The lowest BCUT2D eigenvalue weighted by molar-refractivity contribution is -0.147. The second-order valence-electron chi connectivity index (χ2n) is 6.02. The van der Waals surface area contributed by atoms with Crippen LogP contribution in [0.25, 0.3) is 0 Å². The van der Waals surface area contributed by atoms with Gasteiger partial charge in [0.1, 0.15) is 6.54 Å². The van der Waals surface area contributed by atoms with Crippen LogP contribution in [0.15, 0.2) is 53.4 Å². The molecular weight excluding hydrogens is 402 g/mol. The molecular formula is C18H15N3O7S. The summed E-state index contributed by atoms with van der Waals surface area (Å²) in [5.74, 6) is -2.84. The fourth-order valence-corrected chi connectivity index (χ4v) is 3.14. The molecule has 3 amide bonds. The quantitative estimate of drug-likeness (QED) is 0.500. The molecule has 1 heterocycles. The summed E-state index contributed by atoms with van der Waals surface area (Å²) in [7, 11) is -3.85. The predicted molar refractivity (Wildman–Crippen MR) is 99.2 cm³/mol. The molecule has 0 aliphatic carbocycles.